The fraction of sp³-hybridized carbons (Fsp3) is 0.125. The standard InChI is InChI=1S/C24H19ClF3N5O2/c1-3-16-17-7-22(29-2)30-10-12(17)11-33(23(16)34)21-9-20(19(28)8-18(21)25)32-24(35)31-15-5-13(26)4-14(27)6-15/h4-11,29H,3H2,1-2H3,(H2,31,32,35). The van der Waals surface area contributed by atoms with Gasteiger partial charge in [0.25, 0.3) is 5.56 Å². The molecular weight excluding hydrogens is 483 g/mol. The van der Waals surface area contributed by atoms with Gasteiger partial charge < -0.3 is 16.0 Å². The van der Waals surface area contributed by atoms with E-state index in [-0.39, 0.29) is 27.6 Å². The highest BCUT2D eigenvalue weighted by atomic mass is 35.5. The molecule has 35 heavy (non-hydrogen) atoms. The zero-order valence-corrected chi connectivity index (χ0v) is 19.3. The summed E-state index contributed by atoms with van der Waals surface area (Å²) in [6.45, 7) is 1.83. The zero-order valence-electron chi connectivity index (χ0n) is 18.5. The third-order valence-corrected chi connectivity index (χ3v) is 5.58. The van der Waals surface area contributed by atoms with E-state index in [1.165, 1.54) is 16.8 Å². The van der Waals surface area contributed by atoms with Gasteiger partial charge in [-0.1, -0.05) is 18.5 Å². The van der Waals surface area contributed by atoms with Crippen LogP contribution in [0.25, 0.3) is 16.5 Å². The molecule has 2 heterocycles. The number of rotatable bonds is 5. The Morgan fingerprint density at radius 2 is 1.77 bits per heavy atom. The van der Waals surface area contributed by atoms with Crippen molar-refractivity contribution < 1.29 is 18.0 Å². The summed E-state index contributed by atoms with van der Waals surface area (Å²) in [5.41, 5.74) is -0.206. The molecule has 7 nitrogen and oxygen atoms in total. The van der Waals surface area contributed by atoms with Crippen molar-refractivity contribution in [3.05, 3.63) is 87.2 Å². The third kappa shape index (κ3) is 4.92. The van der Waals surface area contributed by atoms with E-state index >= 15 is 0 Å². The summed E-state index contributed by atoms with van der Waals surface area (Å²) in [6, 6.07) is 5.42. The second-order valence-corrected chi connectivity index (χ2v) is 7.97. The molecule has 0 saturated carbocycles. The molecule has 0 atom stereocenters. The summed E-state index contributed by atoms with van der Waals surface area (Å²) >= 11 is 6.27. The molecule has 0 unspecified atom stereocenters. The molecule has 3 N–H and O–H groups in total. The highest BCUT2D eigenvalue weighted by Gasteiger charge is 2.17. The predicted octanol–water partition coefficient (Wildman–Crippen LogP) is 5.70. The van der Waals surface area contributed by atoms with Gasteiger partial charge in [-0.05, 0) is 42.1 Å². The number of hydrogen-bond donors (Lipinski definition) is 3. The lowest BCUT2D eigenvalue weighted by Crippen LogP contribution is -2.23. The zero-order chi connectivity index (χ0) is 25.3. The number of halogens is 4. The van der Waals surface area contributed by atoms with Gasteiger partial charge in [0.1, 0.15) is 23.3 Å². The van der Waals surface area contributed by atoms with Crippen LogP contribution in [0.3, 0.4) is 0 Å². The topological polar surface area (TPSA) is 88.1 Å². The highest BCUT2D eigenvalue weighted by Crippen LogP contribution is 2.29. The Hall–Kier alpha value is -4.05. The van der Waals surface area contributed by atoms with Crippen LogP contribution in [0.5, 0.6) is 0 Å². The molecule has 2 amide bonds. The van der Waals surface area contributed by atoms with Crippen LogP contribution in [-0.2, 0) is 6.42 Å². The Labute approximate surface area is 202 Å². The lowest BCUT2D eigenvalue weighted by Gasteiger charge is -2.15. The number of pyridine rings is 2. The number of amides is 2. The molecule has 2 aromatic carbocycles. The van der Waals surface area contributed by atoms with E-state index < -0.39 is 23.5 Å². The molecule has 4 aromatic rings. The quantitative estimate of drug-likeness (QED) is 0.327. The molecule has 0 fully saturated rings. The fourth-order valence-corrected chi connectivity index (χ4v) is 3.92. The van der Waals surface area contributed by atoms with Crippen LogP contribution in [0.2, 0.25) is 5.02 Å². The first-order valence-corrected chi connectivity index (χ1v) is 10.8. The van der Waals surface area contributed by atoms with Crippen LogP contribution in [0, 0.1) is 17.5 Å². The molecule has 2 aromatic heterocycles. The van der Waals surface area contributed by atoms with Crippen LogP contribution in [0.4, 0.5) is 35.2 Å². The summed E-state index contributed by atoms with van der Waals surface area (Å²) in [5.74, 6) is -2.05. The maximum absolute atomic E-state index is 14.6. The summed E-state index contributed by atoms with van der Waals surface area (Å²) in [4.78, 5) is 29.9. The van der Waals surface area contributed by atoms with Crippen molar-refractivity contribution in [1.82, 2.24) is 9.55 Å². The molecule has 180 valence electrons. The van der Waals surface area contributed by atoms with Crippen molar-refractivity contribution in [1.29, 1.82) is 0 Å². The molecule has 0 aliphatic heterocycles. The third-order valence-electron chi connectivity index (χ3n) is 5.28. The van der Waals surface area contributed by atoms with Gasteiger partial charge in [0.05, 0.1) is 16.4 Å². The van der Waals surface area contributed by atoms with E-state index in [0.29, 0.717) is 34.6 Å². The van der Waals surface area contributed by atoms with Gasteiger partial charge in [-0.2, -0.15) is 0 Å². The first kappa shape index (κ1) is 24.1. The smallest absolute Gasteiger partial charge is 0.323 e. The summed E-state index contributed by atoms with van der Waals surface area (Å²) in [5, 5.41) is 8.73. The van der Waals surface area contributed by atoms with E-state index in [1.54, 1.807) is 19.3 Å². The summed E-state index contributed by atoms with van der Waals surface area (Å²) < 4.78 is 42.6. The SMILES string of the molecule is CCc1c(=O)n(-c2cc(NC(=O)Nc3cc(F)cc(F)c3)c(F)cc2Cl)cc2cnc(NC)cc12. The van der Waals surface area contributed by atoms with Gasteiger partial charge >= 0.3 is 6.03 Å². The number of urea groups is 1. The second-order valence-electron chi connectivity index (χ2n) is 7.56. The minimum atomic E-state index is -0.953. The first-order valence-electron chi connectivity index (χ1n) is 10.5. The Kier molecular flexibility index (Phi) is 6.65. The predicted molar refractivity (Wildman–Crippen MR) is 130 cm³/mol. The van der Waals surface area contributed by atoms with Gasteiger partial charge in [0.2, 0.25) is 0 Å². The molecule has 4 rings (SSSR count). The van der Waals surface area contributed by atoms with Crippen molar-refractivity contribution >= 4 is 45.6 Å². The van der Waals surface area contributed by atoms with Crippen molar-refractivity contribution in [2.24, 2.45) is 0 Å². The van der Waals surface area contributed by atoms with Crippen molar-refractivity contribution in [2.45, 2.75) is 13.3 Å². The normalized spacial score (nSPS) is 10.9. The maximum Gasteiger partial charge on any atom is 0.323 e. The van der Waals surface area contributed by atoms with E-state index in [9.17, 15) is 22.8 Å². The molecule has 0 spiro atoms. The van der Waals surface area contributed by atoms with E-state index in [4.69, 9.17) is 11.6 Å². The number of carbonyl (C=O) groups excluding carboxylic acids is 1. The average Bonchev–Trinajstić information content (AvgIpc) is 2.79. The second kappa shape index (κ2) is 9.67. The van der Waals surface area contributed by atoms with Crippen molar-refractivity contribution in [3.8, 4) is 5.69 Å². The molecule has 0 saturated heterocycles. The largest absolute Gasteiger partial charge is 0.373 e. The Morgan fingerprint density at radius 1 is 1.06 bits per heavy atom. The Morgan fingerprint density at radius 3 is 2.43 bits per heavy atom. The lowest BCUT2D eigenvalue weighted by atomic mass is 10.1. The number of anilines is 3. The van der Waals surface area contributed by atoms with Gasteiger partial charge in [-0.15, -0.1) is 0 Å². The van der Waals surface area contributed by atoms with E-state index in [0.717, 1.165) is 18.2 Å². The van der Waals surface area contributed by atoms with Gasteiger partial charge in [-0.3, -0.25) is 9.36 Å². The lowest BCUT2D eigenvalue weighted by molar-refractivity contribution is 0.262. The number of fused-ring (bicyclic) bond motifs is 1. The minimum Gasteiger partial charge on any atom is -0.373 e. The van der Waals surface area contributed by atoms with Crippen LogP contribution >= 0.6 is 11.6 Å². The van der Waals surface area contributed by atoms with Crippen LogP contribution in [-0.4, -0.2) is 22.6 Å². The van der Waals surface area contributed by atoms with E-state index in [2.05, 4.69) is 20.9 Å². The number of carbonyl (C=O) groups is 1. The molecule has 0 aliphatic rings. The molecule has 0 radical (unpaired) electrons. The Bertz CT molecular complexity index is 1500. The molecule has 0 bridgehead atoms. The molecular formula is C24H19ClF3N5O2. The number of aryl methyl sites for hydroxylation is 1. The van der Waals surface area contributed by atoms with Crippen LogP contribution in [0.1, 0.15) is 12.5 Å². The van der Waals surface area contributed by atoms with Gasteiger partial charge in [0.15, 0.2) is 0 Å². The number of aromatic nitrogens is 2. The molecule has 11 heteroatoms. The molecule has 0 aliphatic carbocycles. The number of benzene rings is 2. The van der Waals surface area contributed by atoms with Gasteiger partial charge in [-0.25, -0.2) is 22.9 Å². The van der Waals surface area contributed by atoms with E-state index in [1.807, 2.05) is 6.92 Å². The van der Waals surface area contributed by atoms with Crippen LogP contribution in [0.15, 0.2) is 53.6 Å². The number of nitrogens with zero attached hydrogens (tertiary/aromatic N) is 2. The van der Waals surface area contributed by atoms with Gasteiger partial charge in [0, 0.05) is 42.1 Å². The monoisotopic (exact) mass is 501 g/mol. The van der Waals surface area contributed by atoms with Crippen molar-refractivity contribution in [2.75, 3.05) is 23.0 Å². The number of nitrogens with one attached hydrogen (secondary N) is 3. The summed E-state index contributed by atoms with van der Waals surface area (Å²) in [6.07, 6.45) is 3.54. The maximum atomic E-state index is 14.6. The fourth-order valence-electron chi connectivity index (χ4n) is 3.67. The average molecular weight is 502 g/mol. The Balaban J connectivity index is 1.74. The van der Waals surface area contributed by atoms with Crippen LogP contribution < -0.4 is 21.5 Å². The van der Waals surface area contributed by atoms with Crippen molar-refractivity contribution in [3.63, 3.8) is 0 Å². The number of hydrogen-bond acceptors (Lipinski definition) is 4. The minimum absolute atomic E-state index is 0.0658. The summed E-state index contributed by atoms with van der Waals surface area (Å²) in [7, 11) is 1.72. The highest BCUT2D eigenvalue weighted by molar-refractivity contribution is 6.32. The first-order chi connectivity index (χ1) is 16.7.